The zero-order valence-corrected chi connectivity index (χ0v) is 25.2. The van der Waals surface area contributed by atoms with Crippen LogP contribution < -0.4 is 14.8 Å². The monoisotopic (exact) mass is 706 g/mol. The number of hydrogen-bond acceptors (Lipinski definition) is 6. The normalized spacial score (nSPS) is 14.2. The van der Waals surface area contributed by atoms with E-state index in [0.717, 1.165) is 27.4 Å². The van der Waals surface area contributed by atoms with E-state index in [1.165, 1.54) is 4.90 Å². The first kappa shape index (κ1) is 28.2. The van der Waals surface area contributed by atoms with Crippen LogP contribution in [0, 0.1) is 10.5 Å². The molecule has 1 saturated heterocycles. The summed E-state index contributed by atoms with van der Waals surface area (Å²) >= 11 is 6.48. The number of nitrogens with one attached hydrogen (secondary N) is 1. The van der Waals surface area contributed by atoms with E-state index in [1.807, 2.05) is 68.4 Å². The summed E-state index contributed by atoms with van der Waals surface area (Å²) in [5.74, 6) is 0.237. The first-order chi connectivity index (χ1) is 18.2. The van der Waals surface area contributed by atoms with Crippen molar-refractivity contribution in [2.24, 2.45) is 0 Å². The summed E-state index contributed by atoms with van der Waals surface area (Å²) < 4.78 is 13.2. The van der Waals surface area contributed by atoms with Crippen molar-refractivity contribution in [1.82, 2.24) is 4.90 Å². The average molecular weight is 707 g/mol. The van der Waals surface area contributed by atoms with Gasteiger partial charge in [0.25, 0.3) is 17.1 Å². The molecular weight excluding hydrogens is 683 g/mol. The van der Waals surface area contributed by atoms with Crippen molar-refractivity contribution in [2.75, 3.05) is 18.5 Å². The van der Waals surface area contributed by atoms with Crippen LogP contribution in [0.1, 0.15) is 23.6 Å². The number of carbonyl (C=O) groups is 3. The number of halogens is 2. The topological polar surface area (TPSA) is 84.9 Å². The summed E-state index contributed by atoms with van der Waals surface area (Å²) in [4.78, 5) is 39.7. The highest BCUT2D eigenvalue weighted by atomic mass is 127. The Balaban J connectivity index is 1.50. The zero-order valence-electron chi connectivity index (χ0n) is 20.6. The molecule has 0 saturated carbocycles. The van der Waals surface area contributed by atoms with Crippen LogP contribution in [0.25, 0.3) is 6.08 Å². The van der Waals surface area contributed by atoms with Gasteiger partial charge in [0, 0.05) is 10.2 Å². The maximum atomic E-state index is 13.0. The van der Waals surface area contributed by atoms with Crippen molar-refractivity contribution in [3.05, 3.63) is 90.3 Å². The van der Waals surface area contributed by atoms with Gasteiger partial charge in [-0.25, -0.2) is 0 Å². The van der Waals surface area contributed by atoms with Gasteiger partial charge in [-0.2, -0.15) is 0 Å². The first-order valence-electron chi connectivity index (χ1n) is 11.7. The maximum Gasteiger partial charge on any atom is 0.293 e. The summed E-state index contributed by atoms with van der Waals surface area (Å²) in [6, 6.07) is 18.6. The van der Waals surface area contributed by atoms with E-state index in [9.17, 15) is 14.4 Å². The predicted molar refractivity (Wildman–Crippen MR) is 161 cm³/mol. The average Bonchev–Trinajstić information content (AvgIpc) is 3.12. The Labute approximate surface area is 247 Å². The minimum absolute atomic E-state index is 0.183. The molecule has 0 spiro atoms. The molecule has 0 aromatic heterocycles. The number of benzene rings is 3. The third-order valence-corrected chi connectivity index (χ3v) is 7.92. The van der Waals surface area contributed by atoms with Gasteiger partial charge in [-0.05, 0) is 101 Å². The van der Waals surface area contributed by atoms with Gasteiger partial charge in [-0.15, -0.1) is 0 Å². The second-order valence-electron chi connectivity index (χ2n) is 8.33. The molecule has 7 nitrogen and oxygen atoms in total. The van der Waals surface area contributed by atoms with Gasteiger partial charge in [0.15, 0.2) is 18.1 Å². The van der Waals surface area contributed by atoms with Gasteiger partial charge >= 0.3 is 0 Å². The number of nitrogens with zero attached hydrogens (tertiary/aromatic N) is 1. The maximum absolute atomic E-state index is 13.0. The van der Waals surface area contributed by atoms with E-state index in [0.29, 0.717) is 37.8 Å². The van der Waals surface area contributed by atoms with Gasteiger partial charge in [-0.1, -0.05) is 46.3 Å². The fraction of sp³-hybridized carbons (Fsp3) is 0.179. The van der Waals surface area contributed by atoms with Crippen LogP contribution in [0.5, 0.6) is 11.5 Å². The van der Waals surface area contributed by atoms with E-state index in [1.54, 1.807) is 12.1 Å². The Kier molecular flexibility index (Phi) is 9.50. The molecule has 0 aliphatic carbocycles. The Morgan fingerprint density at radius 1 is 1.11 bits per heavy atom. The number of ether oxygens (including phenoxy) is 2. The molecule has 1 aliphatic heterocycles. The number of hydrogen-bond donors (Lipinski definition) is 1. The fourth-order valence-corrected chi connectivity index (χ4v) is 5.75. The van der Waals surface area contributed by atoms with Crippen molar-refractivity contribution in [2.45, 2.75) is 20.4 Å². The van der Waals surface area contributed by atoms with Crippen molar-refractivity contribution in [1.29, 1.82) is 0 Å². The number of amides is 3. The van der Waals surface area contributed by atoms with Crippen LogP contribution in [0.15, 0.2) is 70.0 Å². The molecule has 1 fully saturated rings. The molecule has 1 heterocycles. The zero-order chi connectivity index (χ0) is 27.2. The summed E-state index contributed by atoms with van der Waals surface area (Å²) in [7, 11) is 0. The van der Waals surface area contributed by atoms with Gasteiger partial charge < -0.3 is 14.8 Å². The highest BCUT2D eigenvalue weighted by molar-refractivity contribution is 14.1. The van der Waals surface area contributed by atoms with E-state index >= 15 is 0 Å². The second-order valence-corrected chi connectivity index (χ2v) is 11.3. The molecule has 196 valence electrons. The number of carbonyl (C=O) groups excluding carboxylic acids is 3. The Morgan fingerprint density at radius 3 is 2.63 bits per heavy atom. The van der Waals surface area contributed by atoms with Crippen molar-refractivity contribution in [3.63, 3.8) is 0 Å². The van der Waals surface area contributed by atoms with Gasteiger partial charge in [0.05, 0.1) is 21.6 Å². The molecule has 1 N–H and O–H groups in total. The van der Waals surface area contributed by atoms with Gasteiger partial charge in [-0.3, -0.25) is 19.3 Å². The highest BCUT2D eigenvalue weighted by Crippen LogP contribution is 2.38. The number of thioether (sulfide) groups is 1. The van der Waals surface area contributed by atoms with Crippen molar-refractivity contribution >= 4 is 79.1 Å². The molecular formula is C28H24BrIN2O5S. The second kappa shape index (κ2) is 12.8. The third kappa shape index (κ3) is 6.97. The lowest BCUT2D eigenvalue weighted by Crippen LogP contribution is -2.27. The van der Waals surface area contributed by atoms with E-state index < -0.39 is 0 Å². The highest BCUT2D eigenvalue weighted by Gasteiger charge is 2.35. The van der Waals surface area contributed by atoms with Crippen molar-refractivity contribution < 1.29 is 23.9 Å². The third-order valence-electron chi connectivity index (χ3n) is 5.44. The molecule has 0 unspecified atom stereocenters. The predicted octanol–water partition coefficient (Wildman–Crippen LogP) is 7.01. The van der Waals surface area contributed by atoms with Crippen LogP contribution in [0.4, 0.5) is 10.5 Å². The standard InChI is InChI=1S/C28H24BrIN2O5S/c1-3-36-23-13-18(12-22(30)26(23)37-16-25(33)31-20-9-6-7-17(2)11-20)14-24-27(34)32(28(35)38-24)15-19-8-4-5-10-21(19)29/h4-14H,3,15-16H2,1-2H3,(H,31,33)/b24-14-. The van der Waals surface area contributed by atoms with Crippen LogP contribution in [-0.4, -0.2) is 35.2 Å². The quantitative estimate of drug-likeness (QED) is 0.190. The Bertz CT molecular complexity index is 1430. The van der Waals surface area contributed by atoms with Gasteiger partial charge in [0.1, 0.15) is 0 Å². The van der Waals surface area contributed by atoms with E-state index in [4.69, 9.17) is 9.47 Å². The molecule has 1 aliphatic rings. The summed E-state index contributed by atoms with van der Waals surface area (Å²) in [5, 5.41) is 2.50. The van der Waals surface area contributed by atoms with Crippen LogP contribution in [-0.2, 0) is 16.1 Å². The first-order valence-corrected chi connectivity index (χ1v) is 14.4. The van der Waals surface area contributed by atoms with E-state index in [-0.39, 0.29) is 30.2 Å². The van der Waals surface area contributed by atoms with Crippen molar-refractivity contribution in [3.8, 4) is 11.5 Å². The summed E-state index contributed by atoms with van der Waals surface area (Å²) in [6.45, 7) is 4.17. The Morgan fingerprint density at radius 2 is 1.89 bits per heavy atom. The minimum Gasteiger partial charge on any atom is -0.490 e. The largest absolute Gasteiger partial charge is 0.490 e. The number of rotatable bonds is 9. The SMILES string of the molecule is CCOc1cc(/C=C2\SC(=O)N(Cc3ccccc3Br)C2=O)cc(I)c1OCC(=O)Nc1cccc(C)c1. The smallest absolute Gasteiger partial charge is 0.293 e. The summed E-state index contributed by atoms with van der Waals surface area (Å²) in [5.41, 5.74) is 3.26. The molecule has 4 rings (SSSR count). The molecule has 10 heteroatoms. The number of aryl methyl sites for hydroxylation is 1. The molecule has 0 atom stereocenters. The van der Waals surface area contributed by atoms with Gasteiger partial charge in [0.2, 0.25) is 0 Å². The molecule has 3 aromatic rings. The number of anilines is 1. The minimum atomic E-state index is -0.350. The molecule has 3 aromatic carbocycles. The van der Waals surface area contributed by atoms with Crippen LogP contribution in [0.3, 0.4) is 0 Å². The Hall–Kier alpha value is -2.83. The van der Waals surface area contributed by atoms with Crippen LogP contribution in [0.2, 0.25) is 0 Å². The molecule has 38 heavy (non-hydrogen) atoms. The molecule has 0 bridgehead atoms. The van der Waals surface area contributed by atoms with E-state index in [2.05, 4.69) is 43.8 Å². The number of imide groups is 1. The lowest BCUT2D eigenvalue weighted by Gasteiger charge is -2.15. The van der Waals surface area contributed by atoms with Crippen LogP contribution >= 0.6 is 50.3 Å². The fourth-order valence-electron chi connectivity index (χ4n) is 3.72. The lowest BCUT2D eigenvalue weighted by atomic mass is 10.1. The molecule has 0 radical (unpaired) electrons. The molecule has 3 amide bonds. The summed E-state index contributed by atoms with van der Waals surface area (Å²) in [6.07, 6.45) is 1.67. The lowest BCUT2D eigenvalue weighted by molar-refractivity contribution is -0.123.